The molecule has 0 aliphatic rings. The number of alkyl halides is 3. The molecule has 2 aromatic rings. The molecule has 0 saturated heterocycles. The van der Waals surface area contributed by atoms with E-state index >= 15 is 0 Å². The molecule has 0 aliphatic heterocycles. The van der Waals surface area contributed by atoms with Crippen LogP contribution in [0.15, 0.2) is 33.8 Å². The van der Waals surface area contributed by atoms with E-state index in [0.29, 0.717) is 0 Å². The highest BCUT2D eigenvalue weighted by molar-refractivity contribution is 7.84. The molecule has 1 unspecified atom stereocenters. The van der Waals surface area contributed by atoms with Crippen molar-refractivity contribution in [2.24, 2.45) is 0 Å². The fourth-order valence-corrected chi connectivity index (χ4v) is 2.34. The Kier molecular flexibility index (Phi) is 3.99. The summed E-state index contributed by atoms with van der Waals surface area (Å²) in [5.41, 5.74) is -1.69. The smallest absolute Gasteiger partial charge is 0.361 e. The molecule has 4 nitrogen and oxygen atoms in total. The normalized spacial score (nSPS) is 13.2. The number of ketones is 1. The fourth-order valence-electron chi connectivity index (χ4n) is 1.80. The summed E-state index contributed by atoms with van der Waals surface area (Å²) in [5, 5.41) is 3.38. The lowest BCUT2D eigenvalue weighted by Gasteiger charge is -2.13. The molecule has 0 radical (unpaired) electrons. The maximum atomic E-state index is 13.1. The lowest BCUT2D eigenvalue weighted by Crippen LogP contribution is -2.15. The summed E-state index contributed by atoms with van der Waals surface area (Å²) in [4.78, 5) is 12.2. The summed E-state index contributed by atoms with van der Waals surface area (Å²) < 4.78 is 55.3. The summed E-state index contributed by atoms with van der Waals surface area (Å²) in [6.45, 7) is 1.43. The number of aromatic nitrogens is 1. The van der Waals surface area contributed by atoms with E-state index in [9.17, 15) is 22.2 Å². The summed E-state index contributed by atoms with van der Waals surface area (Å²) in [5.74, 6) is -0.703. The third-order valence-corrected chi connectivity index (χ3v) is 3.79. The third kappa shape index (κ3) is 3.05. The van der Waals surface area contributed by atoms with Crippen LogP contribution in [0.25, 0.3) is 0 Å². The van der Waals surface area contributed by atoms with Crippen LogP contribution in [0.1, 0.15) is 27.2 Å². The first-order chi connectivity index (χ1) is 9.71. The Morgan fingerprint density at radius 1 is 1.29 bits per heavy atom. The lowest BCUT2D eigenvalue weighted by atomic mass is 9.99. The number of halogens is 3. The largest absolute Gasteiger partial charge is 0.417 e. The molecule has 1 atom stereocenters. The van der Waals surface area contributed by atoms with Gasteiger partial charge in [-0.2, -0.15) is 13.2 Å². The standard InChI is InChI=1S/C13H10F3NO3S/c1-7-10(6-17-20-7)12(18)9-4-3-8(21(2)19)5-11(9)13(14,15)16/h3-6H,1-2H3. The van der Waals surface area contributed by atoms with Crippen LogP contribution in [0.5, 0.6) is 0 Å². The lowest BCUT2D eigenvalue weighted by molar-refractivity contribution is -0.138. The van der Waals surface area contributed by atoms with Gasteiger partial charge in [0, 0.05) is 27.5 Å². The number of aryl methyl sites for hydroxylation is 1. The molecule has 21 heavy (non-hydrogen) atoms. The van der Waals surface area contributed by atoms with Gasteiger partial charge in [0.15, 0.2) is 5.78 Å². The molecule has 0 spiro atoms. The second kappa shape index (κ2) is 5.44. The van der Waals surface area contributed by atoms with Crippen LogP contribution < -0.4 is 0 Å². The van der Waals surface area contributed by atoms with Gasteiger partial charge in [-0.15, -0.1) is 0 Å². The van der Waals surface area contributed by atoms with E-state index in [1.165, 1.54) is 19.2 Å². The van der Waals surface area contributed by atoms with Gasteiger partial charge in [0.1, 0.15) is 5.76 Å². The summed E-state index contributed by atoms with van der Waals surface area (Å²) in [7, 11) is -1.58. The van der Waals surface area contributed by atoms with Crippen LogP contribution in [0, 0.1) is 6.92 Å². The summed E-state index contributed by atoms with van der Waals surface area (Å²) in [6.07, 6.45) is -2.39. The zero-order chi connectivity index (χ0) is 15.8. The maximum absolute atomic E-state index is 13.1. The van der Waals surface area contributed by atoms with Crippen LogP contribution in [0.2, 0.25) is 0 Å². The SMILES string of the molecule is Cc1oncc1C(=O)c1ccc(S(C)=O)cc1C(F)(F)F. The van der Waals surface area contributed by atoms with E-state index < -0.39 is 33.9 Å². The molecule has 1 aromatic heterocycles. The Balaban J connectivity index is 2.61. The van der Waals surface area contributed by atoms with Gasteiger partial charge in [-0.05, 0) is 25.1 Å². The van der Waals surface area contributed by atoms with Crippen molar-refractivity contribution in [3.8, 4) is 0 Å². The molecule has 0 amide bonds. The van der Waals surface area contributed by atoms with E-state index in [0.717, 1.165) is 18.3 Å². The number of nitrogens with zero attached hydrogens (tertiary/aromatic N) is 1. The first-order valence-electron chi connectivity index (χ1n) is 5.72. The Hall–Kier alpha value is -1.96. The van der Waals surface area contributed by atoms with Crippen LogP contribution in [-0.2, 0) is 17.0 Å². The predicted octanol–water partition coefficient (Wildman–Crippen LogP) is 2.97. The highest BCUT2D eigenvalue weighted by atomic mass is 32.2. The molecule has 112 valence electrons. The van der Waals surface area contributed by atoms with E-state index in [2.05, 4.69) is 5.16 Å². The predicted molar refractivity (Wildman–Crippen MR) is 68.4 cm³/mol. The minimum Gasteiger partial charge on any atom is -0.361 e. The second-order valence-electron chi connectivity index (χ2n) is 4.28. The second-order valence-corrected chi connectivity index (χ2v) is 5.66. The Morgan fingerprint density at radius 2 is 1.95 bits per heavy atom. The first-order valence-corrected chi connectivity index (χ1v) is 7.28. The van der Waals surface area contributed by atoms with Gasteiger partial charge >= 0.3 is 6.18 Å². The molecule has 2 rings (SSSR count). The van der Waals surface area contributed by atoms with Gasteiger partial charge in [-0.1, -0.05) is 5.16 Å². The topological polar surface area (TPSA) is 60.2 Å². The molecule has 1 aromatic carbocycles. The monoisotopic (exact) mass is 317 g/mol. The van der Waals surface area contributed by atoms with E-state index in [-0.39, 0.29) is 16.2 Å². The molecular formula is C13H10F3NO3S. The Labute approximate surface area is 120 Å². The van der Waals surface area contributed by atoms with Gasteiger partial charge in [0.05, 0.1) is 17.3 Å². The number of hydrogen-bond acceptors (Lipinski definition) is 4. The van der Waals surface area contributed by atoms with E-state index in [1.807, 2.05) is 0 Å². The highest BCUT2D eigenvalue weighted by Gasteiger charge is 2.36. The number of carbonyl (C=O) groups is 1. The quantitative estimate of drug-likeness (QED) is 0.817. The zero-order valence-corrected chi connectivity index (χ0v) is 11.8. The third-order valence-electron chi connectivity index (χ3n) is 2.87. The summed E-state index contributed by atoms with van der Waals surface area (Å²) >= 11 is 0. The van der Waals surface area contributed by atoms with Crippen molar-refractivity contribution in [3.05, 3.63) is 46.8 Å². The van der Waals surface area contributed by atoms with Gasteiger partial charge in [0.25, 0.3) is 0 Å². The number of benzene rings is 1. The van der Waals surface area contributed by atoms with E-state index in [4.69, 9.17) is 4.52 Å². The fraction of sp³-hybridized carbons (Fsp3) is 0.231. The molecule has 0 N–H and O–H groups in total. The van der Waals surface area contributed by atoms with Crippen molar-refractivity contribution in [1.82, 2.24) is 5.16 Å². The molecule has 8 heteroatoms. The summed E-state index contributed by atoms with van der Waals surface area (Å²) in [6, 6.07) is 2.99. The van der Waals surface area contributed by atoms with Crippen LogP contribution in [0.3, 0.4) is 0 Å². The maximum Gasteiger partial charge on any atom is 0.417 e. The van der Waals surface area contributed by atoms with E-state index in [1.54, 1.807) is 0 Å². The Morgan fingerprint density at radius 3 is 2.43 bits per heavy atom. The van der Waals surface area contributed by atoms with Crippen LogP contribution in [-0.4, -0.2) is 21.4 Å². The molecule has 0 bridgehead atoms. The first kappa shape index (κ1) is 15.4. The zero-order valence-electron chi connectivity index (χ0n) is 11.0. The molecular weight excluding hydrogens is 307 g/mol. The minimum atomic E-state index is -4.73. The van der Waals surface area contributed by atoms with Crippen molar-refractivity contribution >= 4 is 16.6 Å². The number of rotatable bonds is 3. The highest BCUT2D eigenvalue weighted by Crippen LogP contribution is 2.34. The molecule has 0 saturated carbocycles. The van der Waals surface area contributed by atoms with Crippen molar-refractivity contribution in [2.45, 2.75) is 18.0 Å². The van der Waals surface area contributed by atoms with Crippen LogP contribution in [0.4, 0.5) is 13.2 Å². The average molecular weight is 317 g/mol. The van der Waals surface area contributed by atoms with Gasteiger partial charge in [-0.3, -0.25) is 9.00 Å². The number of hydrogen-bond donors (Lipinski definition) is 0. The van der Waals surface area contributed by atoms with Crippen molar-refractivity contribution in [3.63, 3.8) is 0 Å². The van der Waals surface area contributed by atoms with Gasteiger partial charge in [0.2, 0.25) is 0 Å². The number of carbonyl (C=O) groups excluding carboxylic acids is 1. The molecule has 1 heterocycles. The van der Waals surface area contributed by atoms with Crippen molar-refractivity contribution < 1.29 is 26.7 Å². The van der Waals surface area contributed by atoms with Crippen molar-refractivity contribution in [2.75, 3.05) is 6.26 Å². The van der Waals surface area contributed by atoms with Gasteiger partial charge < -0.3 is 4.52 Å². The Bertz CT molecular complexity index is 722. The van der Waals surface area contributed by atoms with Gasteiger partial charge in [-0.25, -0.2) is 0 Å². The van der Waals surface area contributed by atoms with Crippen molar-refractivity contribution in [1.29, 1.82) is 0 Å². The minimum absolute atomic E-state index is 0.000848. The van der Waals surface area contributed by atoms with Crippen LogP contribution >= 0.6 is 0 Å². The average Bonchev–Trinajstić information content (AvgIpc) is 2.82. The molecule has 0 fully saturated rings. The molecule has 0 aliphatic carbocycles.